The normalized spacial score (nSPS) is 19.5. The minimum Gasteiger partial charge on any atom is -0.497 e. The molecule has 5 rings (SSSR count). The second-order valence-electron chi connectivity index (χ2n) is 8.32. The number of piperidine rings is 1. The van der Waals surface area contributed by atoms with E-state index in [-0.39, 0.29) is 23.4 Å². The number of hydrogen-bond acceptors (Lipinski definition) is 3. The molecule has 158 valence electrons. The number of hydrogen-bond donors (Lipinski definition) is 1. The first kappa shape index (κ1) is 19.4. The molecule has 1 fully saturated rings. The molecule has 0 unspecified atom stereocenters. The van der Waals surface area contributed by atoms with Crippen LogP contribution in [0.4, 0.5) is 10.5 Å². The van der Waals surface area contributed by atoms with Crippen LogP contribution >= 0.6 is 0 Å². The van der Waals surface area contributed by atoms with Crippen molar-refractivity contribution in [3.8, 4) is 16.9 Å². The summed E-state index contributed by atoms with van der Waals surface area (Å²) in [6.07, 6.45) is 1.01. The number of anilines is 1. The second kappa shape index (κ2) is 7.95. The molecule has 1 saturated heterocycles. The van der Waals surface area contributed by atoms with E-state index >= 15 is 0 Å². The summed E-state index contributed by atoms with van der Waals surface area (Å²) in [4.78, 5) is 28.0. The van der Waals surface area contributed by atoms with Crippen molar-refractivity contribution >= 4 is 11.7 Å². The summed E-state index contributed by atoms with van der Waals surface area (Å²) < 4.78 is 7.14. The Morgan fingerprint density at radius 3 is 2.48 bits per heavy atom. The van der Waals surface area contributed by atoms with Gasteiger partial charge in [-0.1, -0.05) is 30.3 Å². The number of pyridine rings is 1. The third-order valence-electron chi connectivity index (χ3n) is 6.32. The molecule has 6 nitrogen and oxygen atoms in total. The predicted molar refractivity (Wildman–Crippen MR) is 121 cm³/mol. The van der Waals surface area contributed by atoms with E-state index in [4.69, 9.17) is 4.74 Å². The van der Waals surface area contributed by atoms with Crippen LogP contribution in [0.3, 0.4) is 0 Å². The van der Waals surface area contributed by atoms with Crippen molar-refractivity contribution in [1.82, 2.24) is 9.47 Å². The SMILES string of the molecule is COc1ccc(-c2ccc3n(c2=O)C[C@@H]2C[C@@H]3CN(C(=O)Nc3ccccc3)C2)cc1. The Morgan fingerprint density at radius 1 is 0.968 bits per heavy atom. The van der Waals surface area contributed by atoms with E-state index < -0.39 is 0 Å². The van der Waals surface area contributed by atoms with Gasteiger partial charge in [-0.05, 0) is 54.3 Å². The summed E-state index contributed by atoms with van der Waals surface area (Å²) in [5.41, 5.74) is 3.45. The standard InChI is InChI=1S/C25H25N3O3/c1-31-21-9-7-18(8-10-21)22-11-12-23-19-13-17(15-28(23)24(22)29)14-27(16-19)25(30)26-20-5-3-2-4-6-20/h2-12,17,19H,13-16H2,1H3,(H,26,30)/t17-,19-/m1/s1. The lowest BCUT2D eigenvalue weighted by Gasteiger charge is -2.42. The molecule has 2 bridgehead atoms. The zero-order valence-electron chi connectivity index (χ0n) is 17.5. The molecule has 6 heteroatoms. The number of carbonyl (C=O) groups excluding carboxylic acids is 1. The van der Waals surface area contributed by atoms with E-state index in [0.717, 1.165) is 29.1 Å². The molecule has 0 saturated carbocycles. The number of methoxy groups -OCH3 is 1. The lowest BCUT2D eigenvalue weighted by atomic mass is 9.83. The average Bonchev–Trinajstić information content (AvgIpc) is 2.80. The first-order valence-electron chi connectivity index (χ1n) is 10.6. The van der Waals surface area contributed by atoms with Gasteiger partial charge in [-0.3, -0.25) is 4.79 Å². The van der Waals surface area contributed by atoms with E-state index in [1.807, 2.05) is 70.1 Å². The van der Waals surface area contributed by atoms with Crippen molar-refractivity contribution in [1.29, 1.82) is 0 Å². The molecule has 2 atom stereocenters. The number of rotatable bonds is 3. The number of urea groups is 1. The van der Waals surface area contributed by atoms with E-state index in [2.05, 4.69) is 11.4 Å². The highest BCUT2D eigenvalue weighted by atomic mass is 16.5. The lowest BCUT2D eigenvalue weighted by molar-refractivity contribution is 0.139. The summed E-state index contributed by atoms with van der Waals surface area (Å²) in [6.45, 7) is 1.92. The molecular weight excluding hydrogens is 390 g/mol. The van der Waals surface area contributed by atoms with Gasteiger partial charge in [-0.25, -0.2) is 4.79 Å². The molecule has 0 aliphatic carbocycles. The molecule has 3 heterocycles. The van der Waals surface area contributed by atoms with Crippen molar-refractivity contribution in [2.24, 2.45) is 5.92 Å². The quantitative estimate of drug-likeness (QED) is 0.698. The van der Waals surface area contributed by atoms with Gasteiger partial charge in [-0.2, -0.15) is 0 Å². The van der Waals surface area contributed by atoms with Gasteiger partial charge >= 0.3 is 6.03 Å². The Kier molecular flexibility index (Phi) is 4.98. The van der Waals surface area contributed by atoms with Gasteiger partial charge in [0.25, 0.3) is 5.56 Å². The maximum absolute atomic E-state index is 13.3. The van der Waals surface area contributed by atoms with Crippen LogP contribution in [0.5, 0.6) is 5.75 Å². The highest BCUT2D eigenvalue weighted by molar-refractivity contribution is 5.89. The van der Waals surface area contributed by atoms with Gasteiger partial charge in [0, 0.05) is 42.5 Å². The summed E-state index contributed by atoms with van der Waals surface area (Å²) in [7, 11) is 1.63. The van der Waals surface area contributed by atoms with Crippen molar-refractivity contribution in [2.45, 2.75) is 18.9 Å². The number of para-hydroxylation sites is 1. The third kappa shape index (κ3) is 3.69. The Bertz CT molecular complexity index is 1150. The van der Waals surface area contributed by atoms with Crippen molar-refractivity contribution in [3.63, 3.8) is 0 Å². The monoisotopic (exact) mass is 415 g/mol. The molecule has 2 aliphatic heterocycles. The number of nitrogens with zero attached hydrogens (tertiary/aromatic N) is 2. The summed E-state index contributed by atoms with van der Waals surface area (Å²) in [6, 6.07) is 21.0. The highest BCUT2D eigenvalue weighted by Crippen LogP contribution is 2.36. The molecular formula is C25H25N3O3. The van der Waals surface area contributed by atoms with Crippen molar-refractivity contribution in [2.75, 3.05) is 25.5 Å². The van der Waals surface area contributed by atoms with Gasteiger partial charge in [0.05, 0.1) is 7.11 Å². The van der Waals surface area contributed by atoms with E-state index in [0.29, 0.717) is 25.2 Å². The summed E-state index contributed by atoms with van der Waals surface area (Å²) in [5, 5.41) is 2.98. The maximum atomic E-state index is 13.3. The van der Waals surface area contributed by atoms with Gasteiger partial charge < -0.3 is 19.5 Å². The van der Waals surface area contributed by atoms with Crippen LogP contribution in [-0.2, 0) is 6.54 Å². The minimum atomic E-state index is -0.0773. The van der Waals surface area contributed by atoms with E-state index in [1.54, 1.807) is 7.11 Å². The molecule has 2 aromatic carbocycles. The van der Waals surface area contributed by atoms with Crippen molar-refractivity contribution in [3.05, 3.63) is 82.8 Å². The number of aromatic nitrogens is 1. The maximum Gasteiger partial charge on any atom is 0.321 e. The number of likely N-dealkylation sites (tertiary alicyclic amines) is 1. The Hall–Kier alpha value is -3.54. The topological polar surface area (TPSA) is 63.6 Å². The van der Waals surface area contributed by atoms with Gasteiger partial charge in [-0.15, -0.1) is 0 Å². The number of amides is 2. The number of carbonyl (C=O) groups is 1. The minimum absolute atomic E-state index is 0.0413. The first-order valence-corrected chi connectivity index (χ1v) is 10.6. The van der Waals surface area contributed by atoms with Crippen LogP contribution in [-0.4, -0.2) is 35.7 Å². The fourth-order valence-corrected chi connectivity index (χ4v) is 4.83. The third-order valence-corrected chi connectivity index (χ3v) is 6.32. The van der Waals surface area contributed by atoms with Crippen LogP contribution < -0.4 is 15.6 Å². The van der Waals surface area contributed by atoms with Crippen LogP contribution in [0.25, 0.3) is 11.1 Å². The highest BCUT2D eigenvalue weighted by Gasteiger charge is 2.36. The Labute approximate surface area is 181 Å². The molecule has 0 radical (unpaired) electrons. The molecule has 1 N–H and O–H groups in total. The smallest absolute Gasteiger partial charge is 0.321 e. The number of ether oxygens (including phenoxy) is 1. The summed E-state index contributed by atoms with van der Waals surface area (Å²) in [5.74, 6) is 1.22. The predicted octanol–water partition coefficient (Wildman–Crippen LogP) is 4.18. The fraction of sp³-hybridized carbons (Fsp3) is 0.280. The number of nitrogens with one attached hydrogen (secondary N) is 1. The molecule has 0 spiro atoms. The zero-order chi connectivity index (χ0) is 21.4. The Balaban J connectivity index is 1.39. The lowest BCUT2D eigenvalue weighted by Crippen LogP contribution is -2.50. The first-order chi connectivity index (χ1) is 15.1. The van der Waals surface area contributed by atoms with Crippen molar-refractivity contribution < 1.29 is 9.53 Å². The van der Waals surface area contributed by atoms with Crippen LogP contribution in [0.2, 0.25) is 0 Å². The molecule has 3 aromatic rings. The zero-order valence-corrected chi connectivity index (χ0v) is 17.5. The molecule has 2 aliphatic rings. The van der Waals surface area contributed by atoms with Gasteiger partial charge in [0.15, 0.2) is 0 Å². The Morgan fingerprint density at radius 2 is 1.74 bits per heavy atom. The fourth-order valence-electron chi connectivity index (χ4n) is 4.83. The van der Waals surface area contributed by atoms with Gasteiger partial charge in [0.1, 0.15) is 5.75 Å². The van der Waals surface area contributed by atoms with Crippen LogP contribution in [0, 0.1) is 5.92 Å². The van der Waals surface area contributed by atoms with E-state index in [1.165, 1.54) is 0 Å². The second-order valence-corrected chi connectivity index (χ2v) is 8.32. The largest absolute Gasteiger partial charge is 0.497 e. The van der Waals surface area contributed by atoms with Gasteiger partial charge in [0.2, 0.25) is 0 Å². The number of fused-ring (bicyclic) bond motifs is 4. The van der Waals surface area contributed by atoms with Crippen LogP contribution in [0.1, 0.15) is 18.0 Å². The van der Waals surface area contributed by atoms with E-state index in [9.17, 15) is 9.59 Å². The molecule has 1 aromatic heterocycles. The average molecular weight is 415 g/mol. The van der Waals surface area contributed by atoms with Crippen LogP contribution in [0.15, 0.2) is 71.5 Å². The summed E-state index contributed by atoms with van der Waals surface area (Å²) >= 11 is 0. The molecule has 2 amide bonds. The number of benzene rings is 2. The molecule has 31 heavy (non-hydrogen) atoms.